The van der Waals surface area contributed by atoms with Gasteiger partial charge in [-0.25, -0.2) is 9.97 Å². The molecule has 26 heavy (non-hydrogen) atoms. The maximum absolute atomic E-state index is 9.46. The van der Waals surface area contributed by atoms with E-state index in [1.54, 1.807) is 17.7 Å². The minimum absolute atomic E-state index is 0.297. The third kappa shape index (κ3) is 3.58. The molecule has 0 spiro atoms. The zero-order chi connectivity index (χ0) is 17.9. The average Bonchev–Trinajstić information content (AvgIpc) is 3.12. The molecule has 1 saturated heterocycles. The lowest BCUT2D eigenvalue weighted by Gasteiger charge is -2.34. The predicted octanol–water partition coefficient (Wildman–Crippen LogP) is 3.30. The van der Waals surface area contributed by atoms with Crippen LogP contribution in [0.5, 0.6) is 0 Å². The van der Waals surface area contributed by atoms with Crippen LogP contribution in [-0.4, -0.2) is 46.9 Å². The summed E-state index contributed by atoms with van der Waals surface area (Å²) in [6.07, 6.45) is 3.50. The van der Waals surface area contributed by atoms with Crippen molar-refractivity contribution in [1.82, 2.24) is 15.3 Å². The number of thiophene rings is 1. The van der Waals surface area contributed by atoms with Crippen molar-refractivity contribution in [3.8, 4) is 11.1 Å². The van der Waals surface area contributed by atoms with Crippen LogP contribution in [0.3, 0.4) is 0 Å². The summed E-state index contributed by atoms with van der Waals surface area (Å²) in [4.78, 5) is 12.6. The third-order valence-corrected chi connectivity index (χ3v) is 5.82. The van der Waals surface area contributed by atoms with Crippen molar-refractivity contribution in [1.29, 1.82) is 0 Å². The van der Waals surface area contributed by atoms with E-state index in [0.29, 0.717) is 12.6 Å². The van der Waals surface area contributed by atoms with Gasteiger partial charge in [-0.2, -0.15) is 0 Å². The van der Waals surface area contributed by atoms with E-state index in [-0.39, 0.29) is 6.10 Å². The molecule has 0 bridgehead atoms. The molecule has 1 aliphatic heterocycles. The van der Waals surface area contributed by atoms with Crippen molar-refractivity contribution < 1.29 is 5.11 Å². The number of fused-ring (bicyclic) bond motifs is 1. The van der Waals surface area contributed by atoms with E-state index in [1.807, 2.05) is 13.0 Å². The Bertz CT molecular complexity index is 857. The second-order valence-corrected chi connectivity index (χ2v) is 7.77. The Morgan fingerprint density at radius 3 is 2.73 bits per heavy atom. The van der Waals surface area contributed by atoms with Crippen LogP contribution in [0, 0.1) is 0 Å². The van der Waals surface area contributed by atoms with Crippen LogP contribution >= 0.6 is 11.3 Å². The number of benzene rings is 1. The minimum atomic E-state index is -0.297. The van der Waals surface area contributed by atoms with Crippen LogP contribution in [0.15, 0.2) is 42.0 Å². The van der Waals surface area contributed by atoms with Crippen molar-refractivity contribution in [2.24, 2.45) is 0 Å². The highest BCUT2D eigenvalue weighted by Crippen LogP contribution is 2.38. The van der Waals surface area contributed by atoms with Crippen LogP contribution in [-0.2, 0) is 0 Å². The van der Waals surface area contributed by atoms with Gasteiger partial charge in [0.1, 0.15) is 17.0 Å². The number of hydrogen-bond acceptors (Lipinski definition) is 6. The number of nitrogens with zero attached hydrogens (tertiary/aromatic N) is 3. The van der Waals surface area contributed by atoms with Gasteiger partial charge in [0.05, 0.1) is 11.5 Å². The van der Waals surface area contributed by atoms with Gasteiger partial charge >= 0.3 is 0 Å². The lowest BCUT2D eigenvalue weighted by molar-refractivity contribution is 0.183. The second kappa shape index (κ2) is 7.70. The number of aromatic nitrogens is 2. The van der Waals surface area contributed by atoms with Crippen molar-refractivity contribution in [3.63, 3.8) is 0 Å². The standard InChI is InChI=1S/C20H24N4OS/c1-14(25)11-21-16-7-9-24(10-8-16)19-18-17(15-5-3-2-4-6-15)12-26-20(18)23-13-22-19/h2-6,12-14,16,21,25H,7-11H2,1H3. The molecule has 2 aromatic heterocycles. The van der Waals surface area contributed by atoms with Gasteiger partial charge in [-0.05, 0) is 25.3 Å². The summed E-state index contributed by atoms with van der Waals surface area (Å²) in [5.41, 5.74) is 2.43. The van der Waals surface area contributed by atoms with Crippen LogP contribution in [0.2, 0.25) is 0 Å². The van der Waals surface area contributed by atoms with E-state index >= 15 is 0 Å². The molecule has 1 aliphatic rings. The number of aliphatic hydroxyl groups excluding tert-OH is 1. The molecule has 0 saturated carbocycles. The van der Waals surface area contributed by atoms with Crippen molar-refractivity contribution >= 4 is 27.4 Å². The van der Waals surface area contributed by atoms with Gasteiger partial charge in [-0.3, -0.25) is 0 Å². The summed E-state index contributed by atoms with van der Waals surface area (Å²) in [5, 5.41) is 16.3. The Labute approximate surface area is 157 Å². The van der Waals surface area contributed by atoms with Gasteiger partial charge in [-0.1, -0.05) is 30.3 Å². The summed E-state index contributed by atoms with van der Waals surface area (Å²) >= 11 is 1.68. The second-order valence-electron chi connectivity index (χ2n) is 6.91. The van der Waals surface area contributed by atoms with Gasteiger partial charge < -0.3 is 15.3 Å². The fraction of sp³-hybridized carbons (Fsp3) is 0.400. The SMILES string of the molecule is CC(O)CNC1CCN(c2ncnc3scc(-c4ccccc4)c23)CC1. The number of rotatable bonds is 5. The van der Waals surface area contributed by atoms with E-state index in [2.05, 4.69) is 49.8 Å². The molecule has 1 unspecified atom stereocenters. The monoisotopic (exact) mass is 368 g/mol. The predicted molar refractivity (Wildman–Crippen MR) is 108 cm³/mol. The van der Waals surface area contributed by atoms with Gasteiger partial charge in [0, 0.05) is 36.6 Å². The van der Waals surface area contributed by atoms with Crippen LogP contribution in [0.1, 0.15) is 19.8 Å². The Kier molecular flexibility index (Phi) is 5.15. The van der Waals surface area contributed by atoms with Crippen molar-refractivity contribution in [3.05, 3.63) is 42.0 Å². The minimum Gasteiger partial charge on any atom is -0.392 e. The summed E-state index contributed by atoms with van der Waals surface area (Å²) in [6, 6.07) is 10.9. The average molecular weight is 369 g/mol. The molecular formula is C20H24N4OS. The summed E-state index contributed by atoms with van der Waals surface area (Å²) in [5.74, 6) is 1.05. The Hall–Kier alpha value is -2.02. The first kappa shape index (κ1) is 17.4. The molecule has 0 radical (unpaired) electrons. The quantitative estimate of drug-likeness (QED) is 0.724. The number of hydrogen-bond donors (Lipinski definition) is 2. The van der Waals surface area contributed by atoms with Crippen LogP contribution in [0.25, 0.3) is 21.3 Å². The fourth-order valence-electron chi connectivity index (χ4n) is 3.56. The third-order valence-electron chi connectivity index (χ3n) is 4.93. The molecule has 6 heteroatoms. The number of piperidine rings is 1. The van der Waals surface area contributed by atoms with E-state index in [9.17, 15) is 5.11 Å². The van der Waals surface area contributed by atoms with Gasteiger partial charge in [0.25, 0.3) is 0 Å². The zero-order valence-corrected chi connectivity index (χ0v) is 15.7. The first-order valence-electron chi connectivity index (χ1n) is 9.16. The molecule has 0 aliphatic carbocycles. The van der Waals surface area contributed by atoms with Crippen molar-refractivity contribution in [2.45, 2.75) is 31.9 Å². The van der Waals surface area contributed by atoms with Crippen LogP contribution in [0.4, 0.5) is 5.82 Å². The Morgan fingerprint density at radius 1 is 1.23 bits per heavy atom. The Morgan fingerprint density at radius 2 is 2.00 bits per heavy atom. The normalized spacial score (nSPS) is 16.9. The first-order chi connectivity index (χ1) is 12.7. The molecular weight excluding hydrogens is 344 g/mol. The van der Waals surface area contributed by atoms with Gasteiger partial charge in [0.15, 0.2) is 0 Å². The van der Waals surface area contributed by atoms with E-state index in [4.69, 9.17) is 0 Å². The number of nitrogens with one attached hydrogen (secondary N) is 1. The molecule has 136 valence electrons. The molecule has 3 aromatic rings. The van der Waals surface area contributed by atoms with E-state index < -0.39 is 0 Å². The van der Waals surface area contributed by atoms with Gasteiger partial charge in [0.2, 0.25) is 0 Å². The summed E-state index contributed by atoms with van der Waals surface area (Å²) in [7, 11) is 0. The maximum Gasteiger partial charge on any atom is 0.141 e. The summed E-state index contributed by atoms with van der Waals surface area (Å²) in [6.45, 7) is 4.41. The molecule has 1 atom stereocenters. The summed E-state index contributed by atoms with van der Waals surface area (Å²) < 4.78 is 0. The van der Waals surface area contributed by atoms with Crippen molar-refractivity contribution in [2.75, 3.05) is 24.5 Å². The highest BCUT2D eigenvalue weighted by molar-refractivity contribution is 7.17. The Balaban J connectivity index is 1.59. The molecule has 5 nitrogen and oxygen atoms in total. The largest absolute Gasteiger partial charge is 0.392 e. The molecule has 4 rings (SSSR count). The highest BCUT2D eigenvalue weighted by Gasteiger charge is 2.23. The van der Waals surface area contributed by atoms with E-state index in [0.717, 1.165) is 36.6 Å². The smallest absolute Gasteiger partial charge is 0.141 e. The topological polar surface area (TPSA) is 61.3 Å². The molecule has 3 heterocycles. The molecule has 1 fully saturated rings. The first-order valence-corrected chi connectivity index (χ1v) is 10.0. The highest BCUT2D eigenvalue weighted by atomic mass is 32.1. The maximum atomic E-state index is 9.46. The van der Waals surface area contributed by atoms with Crippen LogP contribution < -0.4 is 10.2 Å². The number of anilines is 1. The lowest BCUT2D eigenvalue weighted by atomic mass is 10.0. The zero-order valence-electron chi connectivity index (χ0n) is 14.9. The fourth-order valence-corrected chi connectivity index (χ4v) is 4.47. The molecule has 0 amide bonds. The lowest BCUT2D eigenvalue weighted by Crippen LogP contribution is -2.44. The molecule has 2 N–H and O–H groups in total. The van der Waals surface area contributed by atoms with E-state index in [1.165, 1.54) is 16.5 Å². The molecule has 1 aromatic carbocycles. The number of aliphatic hydroxyl groups is 1. The van der Waals surface area contributed by atoms with Gasteiger partial charge in [-0.15, -0.1) is 11.3 Å².